The maximum atomic E-state index is 14.2. The second-order valence-electron chi connectivity index (χ2n) is 11.8. The third kappa shape index (κ3) is 7.24. The lowest BCUT2D eigenvalue weighted by Crippen LogP contribution is -2.46. The first kappa shape index (κ1) is 31.9. The van der Waals surface area contributed by atoms with Gasteiger partial charge < -0.3 is 24.8 Å². The molecule has 0 bridgehead atoms. The maximum absolute atomic E-state index is 14.2. The molecule has 4 unspecified atom stereocenters. The van der Waals surface area contributed by atoms with Gasteiger partial charge in [0.25, 0.3) is 0 Å². The van der Waals surface area contributed by atoms with Gasteiger partial charge in [0.1, 0.15) is 23.7 Å². The number of halogens is 1. The van der Waals surface area contributed by atoms with E-state index in [-0.39, 0.29) is 36.9 Å². The molecule has 0 spiro atoms. The normalized spacial score (nSPS) is 23.2. The Balaban J connectivity index is 1.49. The lowest BCUT2D eigenvalue weighted by Gasteiger charge is -2.25. The highest BCUT2D eigenvalue weighted by Gasteiger charge is 2.45. The highest BCUT2D eigenvalue weighted by molar-refractivity contribution is 5.91. The number of aliphatic carboxylic acids is 1. The molecule has 45 heavy (non-hydrogen) atoms. The molecular weight excluding hydrogens is 579 g/mol. The summed E-state index contributed by atoms with van der Waals surface area (Å²) in [5.74, 6) is -2.57. The second-order valence-corrected chi connectivity index (χ2v) is 11.8. The van der Waals surface area contributed by atoms with Crippen molar-refractivity contribution in [1.82, 2.24) is 20.2 Å². The van der Waals surface area contributed by atoms with E-state index in [1.54, 1.807) is 43.3 Å². The fourth-order valence-corrected chi connectivity index (χ4v) is 6.20. The molecule has 2 heterocycles. The quantitative estimate of drug-likeness (QED) is 0.379. The number of nitrogens with one attached hydrogen (secondary N) is 1. The lowest BCUT2D eigenvalue weighted by atomic mass is 9.93. The summed E-state index contributed by atoms with van der Waals surface area (Å²) in [7, 11) is 3.30. The Kier molecular flexibility index (Phi) is 9.95. The van der Waals surface area contributed by atoms with Crippen molar-refractivity contribution in [3.63, 3.8) is 0 Å². The number of ether oxygens (including phenoxy) is 2. The van der Waals surface area contributed by atoms with Crippen molar-refractivity contribution in [2.75, 3.05) is 20.7 Å². The van der Waals surface area contributed by atoms with Crippen molar-refractivity contribution >= 4 is 28.7 Å². The standard InChI is InChI=1S/C34H39FN4O6/c1-20-28(44-3)15-14-24-29(20)37-30(21-11-10-12-22(35)17-21)38-32(24)45-23-18-25-26(19-23)33(41)39(2)16-9-7-5-4-6-8-13-27(34(42)43)36-31(25)40/h4,6,10-12,14-15,17,23,25-27H,5,7-9,13,16,18-19H2,1-3H3,(H,36,40)(H,42,43). The molecular formula is C34H39FN4O6. The second kappa shape index (κ2) is 14.0. The molecule has 1 fully saturated rings. The number of nitrogens with zero attached hydrogens (tertiary/aromatic N) is 3. The molecule has 5 rings (SSSR count). The molecule has 11 heteroatoms. The van der Waals surface area contributed by atoms with Crippen molar-refractivity contribution < 1.29 is 33.4 Å². The Labute approximate surface area is 261 Å². The summed E-state index contributed by atoms with van der Waals surface area (Å²) >= 11 is 0. The van der Waals surface area contributed by atoms with Gasteiger partial charge in [-0.25, -0.2) is 14.2 Å². The summed E-state index contributed by atoms with van der Waals surface area (Å²) in [5.41, 5.74) is 1.78. The van der Waals surface area contributed by atoms with Crippen LogP contribution in [0.3, 0.4) is 0 Å². The van der Waals surface area contributed by atoms with Crippen LogP contribution in [0.5, 0.6) is 11.6 Å². The number of carbonyl (C=O) groups excluding carboxylic acids is 2. The van der Waals surface area contributed by atoms with Crippen molar-refractivity contribution in [3.8, 4) is 23.0 Å². The van der Waals surface area contributed by atoms with Gasteiger partial charge in [0.2, 0.25) is 17.7 Å². The number of hydrogen-bond acceptors (Lipinski definition) is 7. The highest BCUT2D eigenvalue weighted by atomic mass is 19.1. The maximum Gasteiger partial charge on any atom is 0.326 e. The molecule has 10 nitrogen and oxygen atoms in total. The number of benzene rings is 2. The van der Waals surface area contributed by atoms with Crippen LogP contribution in [-0.4, -0.2) is 70.6 Å². The van der Waals surface area contributed by atoms with Gasteiger partial charge in [-0.15, -0.1) is 0 Å². The van der Waals surface area contributed by atoms with Crippen LogP contribution in [0, 0.1) is 24.6 Å². The van der Waals surface area contributed by atoms with Crippen LogP contribution in [0.25, 0.3) is 22.3 Å². The van der Waals surface area contributed by atoms with Crippen LogP contribution in [0.4, 0.5) is 4.39 Å². The van der Waals surface area contributed by atoms with Crippen LogP contribution >= 0.6 is 0 Å². The molecule has 0 radical (unpaired) electrons. The number of carboxylic acid groups (broad SMARTS) is 1. The summed E-state index contributed by atoms with van der Waals surface area (Å²) in [6.45, 7) is 2.41. The van der Waals surface area contributed by atoms with Crippen molar-refractivity contribution in [3.05, 3.63) is 59.9 Å². The molecule has 2 amide bonds. The van der Waals surface area contributed by atoms with E-state index in [0.29, 0.717) is 35.2 Å². The van der Waals surface area contributed by atoms with E-state index < -0.39 is 41.7 Å². The number of fused-ring (bicyclic) bond motifs is 2. The van der Waals surface area contributed by atoms with E-state index in [9.17, 15) is 23.9 Å². The van der Waals surface area contributed by atoms with Crippen LogP contribution < -0.4 is 14.8 Å². The Morgan fingerprint density at radius 2 is 1.84 bits per heavy atom. The number of carbonyl (C=O) groups is 3. The molecule has 2 aliphatic rings. The summed E-state index contributed by atoms with van der Waals surface area (Å²) in [4.78, 5) is 50.4. The zero-order chi connectivity index (χ0) is 32.1. The molecule has 2 aromatic carbocycles. The van der Waals surface area contributed by atoms with E-state index in [2.05, 4.69) is 10.3 Å². The zero-order valence-electron chi connectivity index (χ0n) is 25.8. The van der Waals surface area contributed by atoms with Crippen LogP contribution in [0.1, 0.15) is 50.5 Å². The first-order chi connectivity index (χ1) is 21.7. The number of carboxylic acids is 1. The van der Waals surface area contributed by atoms with Crippen LogP contribution in [0.2, 0.25) is 0 Å². The average molecular weight is 619 g/mol. The van der Waals surface area contributed by atoms with Crippen molar-refractivity contribution in [2.24, 2.45) is 11.8 Å². The average Bonchev–Trinajstić information content (AvgIpc) is 3.44. The number of hydrogen-bond donors (Lipinski definition) is 2. The first-order valence-corrected chi connectivity index (χ1v) is 15.4. The van der Waals surface area contributed by atoms with Gasteiger partial charge in [0.05, 0.1) is 29.8 Å². The van der Waals surface area contributed by atoms with Gasteiger partial charge in [-0.2, -0.15) is 4.98 Å². The molecule has 238 valence electrons. The van der Waals surface area contributed by atoms with Crippen molar-refractivity contribution in [1.29, 1.82) is 0 Å². The molecule has 1 aliphatic heterocycles. The van der Waals surface area contributed by atoms with E-state index in [4.69, 9.17) is 14.5 Å². The number of allylic oxidation sites excluding steroid dienone is 2. The van der Waals surface area contributed by atoms with Gasteiger partial charge in [-0.1, -0.05) is 24.3 Å². The fraction of sp³-hybridized carbons (Fsp3) is 0.441. The number of methoxy groups -OCH3 is 1. The molecule has 3 aromatic rings. The topological polar surface area (TPSA) is 131 Å². The minimum atomic E-state index is -1.12. The fourth-order valence-electron chi connectivity index (χ4n) is 6.20. The van der Waals surface area contributed by atoms with Crippen LogP contribution in [-0.2, 0) is 14.4 Å². The van der Waals surface area contributed by atoms with Crippen LogP contribution in [0.15, 0.2) is 48.6 Å². The van der Waals surface area contributed by atoms with Gasteiger partial charge in [-0.05, 0) is 76.1 Å². The minimum Gasteiger partial charge on any atom is -0.496 e. The van der Waals surface area contributed by atoms with Crippen molar-refractivity contribution in [2.45, 2.75) is 64.0 Å². The molecule has 0 saturated heterocycles. The minimum absolute atomic E-state index is 0.174. The lowest BCUT2D eigenvalue weighted by molar-refractivity contribution is -0.144. The number of aryl methyl sites for hydroxylation is 1. The third-order valence-electron chi connectivity index (χ3n) is 8.69. The van der Waals surface area contributed by atoms with Gasteiger partial charge >= 0.3 is 5.97 Å². The molecule has 2 N–H and O–H groups in total. The largest absolute Gasteiger partial charge is 0.496 e. The molecule has 1 aliphatic carbocycles. The van der Waals surface area contributed by atoms with E-state index in [1.807, 2.05) is 19.1 Å². The summed E-state index contributed by atoms with van der Waals surface area (Å²) in [6, 6.07) is 8.47. The Bertz CT molecular complexity index is 1610. The molecule has 4 atom stereocenters. The summed E-state index contributed by atoms with van der Waals surface area (Å²) in [6.07, 6.45) is 7.15. The predicted molar refractivity (Wildman–Crippen MR) is 166 cm³/mol. The predicted octanol–water partition coefficient (Wildman–Crippen LogP) is 5.07. The summed E-state index contributed by atoms with van der Waals surface area (Å²) in [5, 5.41) is 13.1. The highest BCUT2D eigenvalue weighted by Crippen LogP contribution is 2.39. The zero-order valence-corrected chi connectivity index (χ0v) is 25.8. The number of rotatable bonds is 5. The SMILES string of the molecule is COc1ccc2c(OC3CC4C(=O)NC(C(=O)O)CCC=CCCCCN(C)C(=O)C4C3)nc(-c3cccc(F)c3)nc2c1C. The van der Waals surface area contributed by atoms with Gasteiger partial charge in [0.15, 0.2) is 5.82 Å². The van der Waals surface area contributed by atoms with Gasteiger partial charge in [0, 0.05) is 24.7 Å². The smallest absolute Gasteiger partial charge is 0.326 e. The summed E-state index contributed by atoms with van der Waals surface area (Å²) < 4.78 is 26.2. The van der Waals surface area contributed by atoms with E-state index in [0.717, 1.165) is 24.8 Å². The number of aromatic nitrogens is 2. The third-order valence-corrected chi connectivity index (χ3v) is 8.69. The monoisotopic (exact) mass is 618 g/mol. The Morgan fingerprint density at radius 1 is 1.07 bits per heavy atom. The Morgan fingerprint density at radius 3 is 2.60 bits per heavy atom. The Hall–Kier alpha value is -4.54. The van der Waals surface area contributed by atoms with Gasteiger partial charge in [-0.3, -0.25) is 9.59 Å². The van der Waals surface area contributed by atoms with E-state index >= 15 is 0 Å². The molecule has 1 saturated carbocycles. The van der Waals surface area contributed by atoms with E-state index in [1.165, 1.54) is 12.1 Å². The molecule has 1 aromatic heterocycles. The first-order valence-electron chi connectivity index (χ1n) is 15.4. The number of amides is 2.